The van der Waals surface area contributed by atoms with Crippen LogP contribution in [0.25, 0.3) is 10.9 Å². The largest absolute Gasteiger partial charge is 0.545 e. The highest BCUT2D eigenvalue weighted by Crippen LogP contribution is 2.24. The van der Waals surface area contributed by atoms with Gasteiger partial charge in [-0.3, -0.25) is 0 Å². The van der Waals surface area contributed by atoms with Crippen LogP contribution in [-0.2, 0) is 14.8 Å². The summed E-state index contributed by atoms with van der Waals surface area (Å²) in [6.07, 6.45) is 1.30. The standard InChI is InChI=1S/C13H14N2O5S/c16-13(17)11-8-14-12-2-1-9(7-10(11)12)21(18,19)15-3-5-20-6-4-15/h1-2,7-8,14H,3-6H2,(H,16,17)/p-1. The quantitative estimate of drug-likeness (QED) is 0.827. The number of fused-ring (bicyclic) bond motifs is 1. The Bertz CT molecular complexity index is 790. The number of aromatic amines is 1. The average Bonchev–Trinajstić information content (AvgIpc) is 2.91. The minimum Gasteiger partial charge on any atom is -0.545 e. The summed E-state index contributed by atoms with van der Waals surface area (Å²) >= 11 is 0. The highest BCUT2D eigenvalue weighted by molar-refractivity contribution is 7.89. The summed E-state index contributed by atoms with van der Waals surface area (Å²) in [4.78, 5) is 13.9. The summed E-state index contributed by atoms with van der Waals surface area (Å²) < 4.78 is 31.5. The Hall–Kier alpha value is -1.90. The number of nitrogens with one attached hydrogen (secondary N) is 1. The second-order valence-corrected chi connectivity index (χ2v) is 6.65. The summed E-state index contributed by atoms with van der Waals surface area (Å²) in [7, 11) is -3.65. The Morgan fingerprint density at radius 3 is 2.67 bits per heavy atom. The van der Waals surface area contributed by atoms with Crippen molar-refractivity contribution in [3.05, 3.63) is 30.0 Å². The molecule has 1 aromatic heterocycles. The number of morpholine rings is 1. The van der Waals surface area contributed by atoms with Crippen molar-refractivity contribution in [2.24, 2.45) is 0 Å². The summed E-state index contributed by atoms with van der Waals surface area (Å²) in [5.74, 6) is -1.35. The van der Waals surface area contributed by atoms with E-state index >= 15 is 0 Å². The fourth-order valence-corrected chi connectivity index (χ4v) is 3.80. The molecule has 0 aliphatic carbocycles. The molecule has 0 saturated carbocycles. The zero-order chi connectivity index (χ0) is 15.0. The summed E-state index contributed by atoms with van der Waals surface area (Å²) in [6.45, 7) is 1.30. The van der Waals surface area contributed by atoms with Gasteiger partial charge in [-0.05, 0) is 18.2 Å². The van der Waals surface area contributed by atoms with Crippen molar-refractivity contribution in [2.45, 2.75) is 4.90 Å². The maximum atomic E-state index is 12.5. The van der Waals surface area contributed by atoms with Gasteiger partial charge in [0.25, 0.3) is 0 Å². The number of ether oxygens (including phenoxy) is 1. The van der Waals surface area contributed by atoms with Crippen molar-refractivity contribution in [3.8, 4) is 0 Å². The minimum absolute atomic E-state index is 0.0518. The summed E-state index contributed by atoms with van der Waals surface area (Å²) in [6, 6.07) is 4.37. The molecule has 2 aromatic rings. The van der Waals surface area contributed by atoms with Crippen LogP contribution in [0.1, 0.15) is 10.4 Å². The molecule has 1 aliphatic rings. The molecule has 0 spiro atoms. The highest BCUT2D eigenvalue weighted by Gasteiger charge is 2.26. The predicted molar refractivity (Wildman–Crippen MR) is 72.2 cm³/mol. The topological polar surface area (TPSA) is 103 Å². The number of aromatic carboxylic acids is 1. The van der Waals surface area contributed by atoms with Gasteiger partial charge in [0.05, 0.1) is 24.1 Å². The molecule has 8 heteroatoms. The molecule has 21 heavy (non-hydrogen) atoms. The van der Waals surface area contributed by atoms with Crippen molar-refractivity contribution in [3.63, 3.8) is 0 Å². The Morgan fingerprint density at radius 1 is 1.29 bits per heavy atom. The fraction of sp³-hybridized carbons (Fsp3) is 0.308. The molecule has 2 heterocycles. The van der Waals surface area contributed by atoms with Crippen LogP contribution in [0.15, 0.2) is 29.3 Å². The second kappa shape index (κ2) is 5.14. The number of benzene rings is 1. The van der Waals surface area contributed by atoms with E-state index in [9.17, 15) is 18.3 Å². The molecular formula is C13H13N2O5S-. The number of hydrogen-bond acceptors (Lipinski definition) is 5. The molecule has 112 valence electrons. The molecule has 3 rings (SSSR count). The monoisotopic (exact) mass is 309 g/mol. The number of sulfonamides is 1. The van der Waals surface area contributed by atoms with Gasteiger partial charge in [0, 0.05) is 35.8 Å². The third-order valence-corrected chi connectivity index (χ3v) is 5.38. The van der Waals surface area contributed by atoms with Crippen LogP contribution in [0, 0.1) is 0 Å². The Kier molecular flexibility index (Phi) is 3.44. The maximum absolute atomic E-state index is 12.5. The number of hydrogen-bond donors (Lipinski definition) is 1. The molecule has 1 aliphatic heterocycles. The first-order valence-corrected chi connectivity index (χ1v) is 7.84. The van der Waals surface area contributed by atoms with Gasteiger partial charge in [-0.15, -0.1) is 0 Å². The van der Waals surface area contributed by atoms with Crippen molar-refractivity contribution in [1.29, 1.82) is 0 Å². The van der Waals surface area contributed by atoms with Gasteiger partial charge in [-0.2, -0.15) is 4.31 Å². The predicted octanol–water partition coefficient (Wildman–Crippen LogP) is -0.448. The molecule has 0 radical (unpaired) electrons. The third-order valence-electron chi connectivity index (χ3n) is 3.48. The number of rotatable bonds is 3. The fourth-order valence-electron chi connectivity index (χ4n) is 2.37. The number of carboxylic acid groups (broad SMARTS) is 1. The molecule has 0 amide bonds. The molecule has 0 atom stereocenters. The first-order chi connectivity index (χ1) is 10.00. The molecule has 1 aromatic carbocycles. The SMILES string of the molecule is O=C([O-])c1c[nH]c2ccc(S(=O)(=O)N3CCOCC3)cc12. The average molecular weight is 309 g/mol. The van der Waals surface area contributed by atoms with E-state index in [0.29, 0.717) is 37.2 Å². The lowest BCUT2D eigenvalue weighted by molar-refractivity contribution is -0.254. The normalized spacial score (nSPS) is 17.1. The number of carboxylic acids is 1. The van der Waals surface area contributed by atoms with Crippen LogP contribution in [0.4, 0.5) is 0 Å². The van der Waals surface area contributed by atoms with Crippen molar-refractivity contribution in [1.82, 2.24) is 9.29 Å². The van der Waals surface area contributed by atoms with E-state index < -0.39 is 16.0 Å². The number of aromatic nitrogens is 1. The Balaban J connectivity index is 2.07. The first kappa shape index (κ1) is 14.1. The smallest absolute Gasteiger partial charge is 0.243 e. The van der Waals surface area contributed by atoms with E-state index in [0.717, 1.165) is 0 Å². The van der Waals surface area contributed by atoms with Gasteiger partial charge < -0.3 is 19.6 Å². The van der Waals surface area contributed by atoms with E-state index in [-0.39, 0.29) is 10.5 Å². The lowest BCUT2D eigenvalue weighted by atomic mass is 10.2. The minimum atomic E-state index is -3.65. The number of carbonyl (C=O) groups is 1. The summed E-state index contributed by atoms with van der Waals surface area (Å²) in [5.41, 5.74) is 0.499. The van der Waals surface area contributed by atoms with E-state index in [4.69, 9.17) is 4.74 Å². The molecule has 0 unspecified atom stereocenters. The van der Waals surface area contributed by atoms with Crippen LogP contribution in [0.5, 0.6) is 0 Å². The van der Waals surface area contributed by atoms with E-state index in [1.54, 1.807) is 6.07 Å². The van der Waals surface area contributed by atoms with Crippen LogP contribution >= 0.6 is 0 Å². The lowest BCUT2D eigenvalue weighted by Gasteiger charge is -2.26. The van der Waals surface area contributed by atoms with Gasteiger partial charge in [-0.25, -0.2) is 8.42 Å². The first-order valence-electron chi connectivity index (χ1n) is 6.40. The van der Waals surface area contributed by atoms with Gasteiger partial charge in [0.15, 0.2) is 0 Å². The lowest BCUT2D eigenvalue weighted by Crippen LogP contribution is -2.40. The number of carbonyl (C=O) groups excluding carboxylic acids is 1. The zero-order valence-electron chi connectivity index (χ0n) is 11.0. The zero-order valence-corrected chi connectivity index (χ0v) is 11.9. The number of H-pyrrole nitrogens is 1. The molecule has 1 saturated heterocycles. The highest BCUT2D eigenvalue weighted by atomic mass is 32.2. The van der Waals surface area contributed by atoms with Gasteiger partial charge in [0.2, 0.25) is 10.0 Å². The Labute approximate surface area is 121 Å². The number of nitrogens with zero attached hydrogens (tertiary/aromatic N) is 1. The van der Waals surface area contributed by atoms with Crippen molar-refractivity contribution < 1.29 is 23.1 Å². The van der Waals surface area contributed by atoms with Crippen LogP contribution in [0.2, 0.25) is 0 Å². The van der Waals surface area contributed by atoms with Crippen molar-refractivity contribution >= 4 is 26.9 Å². The molecule has 0 bridgehead atoms. The molecule has 7 nitrogen and oxygen atoms in total. The molecule has 1 fully saturated rings. The second-order valence-electron chi connectivity index (χ2n) is 4.71. The molecule has 1 N–H and O–H groups in total. The van der Waals surface area contributed by atoms with Gasteiger partial charge >= 0.3 is 0 Å². The van der Waals surface area contributed by atoms with Gasteiger partial charge in [-0.1, -0.05) is 0 Å². The Morgan fingerprint density at radius 2 is 2.00 bits per heavy atom. The van der Waals surface area contributed by atoms with E-state index in [2.05, 4.69) is 4.98 Å². The third kappa shape index (κ3) is 2.41. The van der Waals surface area contributed by atoms with E-state index in [1.807, 2.05) is 0 Å². The van der Waals surface area contributed by atoms with Gasteiger partial charge in [0.1, 0.15) is 0 Å². The van der Waals surface area contributed by atoms with Crippen molar-refractivity contribution in [2.75, 3.05) is 26.3 Å². The summed E-state index contributed by atoms with van der Waals surface area (Å²) in [5, 5.41) is 11.4. The van der Waals surface area contributed by atoms with Crippen LogP contribution < -0.4 is 5.11 Å². The van der Waals surface area contributed by atoms with Crippen LogP contribution in [0.3, 0.4) is 0 Å². The molecular weight excluding hydrogens is 296 g/mol. The van der Waals surface area contributed by atoms with E-state index in [1.165, 1.54) is 22.6 Å². The van der Waals surface area contributed by atoms with Crippen LogP contribution in [-0.4, -0.2) is 50.0 Å². The maximum Gasteiger partial charge on any atom is 0.243 e.